The highest BCUT2D eigenvalue weighted by Crippen LogP contribution is 2.39. The Morgan fingerprint density at radius 2 is 0.788 bits per heavy atom. The van der Waals surface area contributed by atoms with Crippen LogP contribution in [0.5, 0.6) is 0 Å². The van der Waals surface area contributed by atoms with Gasteiger partial charge in [0.05, 0.1) is 0 Å². The summed E-state index contributed by atoms with van der Waals surface area (Å²) in [5.41, 5.74) is 6.18. The van der Waals surface area contributed by atoms with Crippen LogP contribution in [0.1, 0.15) is 136 Å². The first-order valence-electron chi connectivity index (χ1n) is 14.3. The third kappa shape index (κ3) is 27.5. The van der Waals surface area contributed by atoms with Crippen LogP contribution >= 0.6 is 7.92 Å². The maximum absolute atomic E-state index is 5.36. The second-order valence-corrected chi connectivity index (χ2v) is 12.2. The summed E-state index contributed by atoms with van der Waals surface area (Å²) in [4.78, 5) is 0. The molecular formula is C30H60NOP. The molecule has 0 saturated carbocycles. The third-order valence-electron chi connectivity index (χ3n) is 6.28. The number of benzene rings is 1. The van der Waals surface area contributed by atoms with Crippen LogP contribution in [-0.2, 0) is 0 Å². The van der Waals surface area contributed by atoms with E-state index in [9.17, 15) is 0 Å². The normalized spacial score (nSPS) is 10.5. The van der Waals surface area contributed by atoms with E-state index in [-0.39, 0.29) is 5.48 Å². The van der Waals surface area contributed by atoms with Gasteiger partial charge in [0.2, 0.25) is 0 Å². The second-order valence-electron chi connectivity index (χ2n) is 9.56. The fourth-order valence-corrected chi connectivity index (χ4v) is 6.82. The number of rotatable bonds is 21. The predicted molar refractivity (Wildman–Crippen MR) is 156 cm³/mol. The van der Waals surface area contributed by atoms with Gasteiger partial charge in [-0.25, -0.2) is 0 Å². The molecule has 0 aliphatic rings. The maximum Gasteiger partial charge on any atom is 0.0313 e. The van der Waals surface area contributed by atoms with Gasteiger partial charge in [0.15, 0.2) is 0 Å². The number of hydrogen-bond acceptors (Lipinski definition) is 1. The van der Waals surface area contributed by atoms with Gasteiger partial charge in [-0.05, 0) is 49.9 Å². The van der Waals surface area contributed by atoms with Crippen LogP contribution in [0.2, 0.25) is 0 Å². The van der Waals surface area contributed by atoms with Gasteiger partial charge in [0, 0.05) is 5.69 Å². The van der Waals surface area contributed by atoms with Crippen LogP contribution in [-0.4, -0.2) is 24.0 Å². The van der Waals surface area contributed by atoms with Crippen molar-refractivity contribution < 1.29 is 5.48 Å². The van der Waals surface area contributed by atoms with E-state index in [1.807, 2.05) is 30.3 Å². The molecule has 0 amide bonds. The number of nitrogens with two attached hydrogens (primary N) is 1. The van der Waals surface area contributed by atoms with Gasteiger partial charge in [0.25, 0.3) is 0 Å². The van der Waals surface area contributed by atoms with Gasteiger partial charge in [0.1, 0.15) is 0 Å². The molecule has 4 N–H and O–H groups in total. The van der Waals surface area contributed by atoms with Crippen molar-refractivity contribution in [3.63, 3.8) is 0 Å². The average molecular weight is 482 g/mol. The minimum atomic E-state index is 0. The largest absolute Gasteiger partial charge is 0.412 e. The van der Waals surface area contributed by atoms with Gasteiger partial charge in [-0.1, -0.05) is 135 Å². The molecule has 0 unspecified atom stereocenters. The Morgan fingerprint density at radius 1 is 0.485 bits per heavy atom. The summed E-state index contributed by atoms with van der Waals surface area (Å²) in [5, 5.41) is 0. The molecule has 0 heterocycles. The van der Waals surface area contributed by atoms with Crippen LogP contribution in [0.4, 0.5) is 5.69 Å². The minimum Gasteiger partial charge on any atom is -0.412 e. The van der Waals surface area contributed by atoms with E-state index >= 15 is 0 Å². The van der Waals surface area contributed by atoms with Gasteiger partial charge in [-0.2, -0.15) is 0 Å². The number of nitrogen functional groups attached to an aromatic ring is 1. The summed E-state index contributed by atoms with van der Waals surface area (Å²) in [7, 11) is 0.366. The van der Waals surface area contributed by atoms with Crippen molar-refractivity contribution in [3.05, 3.63) is 30.3 Å². The topological polar surface area (TPSA) is 57.5 Å². The van der Waals surface area contributed by atoms with E-state index in [1.54, 1.807) is 18.5 Å². The molecule has 1 aromatic rings. The molecule has 0 aromatic heterocycles. The lowest BCUT2D eigenvalue weighted by atomic mass is 10.1. The highest BCUT2D eigenvalue weighted by atomic mass is 31.1. The Kier molecular flexibility index (Phi) is 30.8. The van der Waals surface area contributed by atoms with Crippen LogP contribution in [0.3, 0.4) is 0 Å². The SMILES string of the molecule is CCCCCCCCP(CCCCCCCC)CCCCCCCC.Nc1ccccc1.O. The molecule has 1 aromatic carbocycles. The van der Waals surface area contributed by atoms with Crippen molar-refractivity contribution in [1.29, 1.82) is 0 Å². The Labute approximate surface area is 210 Å². The first-order valence-corrected chi connectivity index (χ1v) is 16.2. The molecule has 33 heavy (non-hydrogen) atoms. The highest BCUT2D eigenvalue weighted by molar-refractivity contribution is 7.57. The molecule has 196 valence electrons. The number of hydrogen-bond donors (Lipinski definition) is 1. The minimum absolute atomic E-state index is 0. The smallest absolute Gasteiger partial charge is 0.0313 e. The third-order valence-corrected chi connectivity index (χ3v) is 9.13. The van der Waals surface area contributed by atoms with Gasteiger partial charge < -0.3 is 11.2 Å². The Morgan fingerprint density at radius 3 is 1.06 bits per heavy atom. The van der Waals surface area contributed by atoms with Crippen molar-refractivity contribution in [2.24, 2.45) is 0 Å². The molecule has 0 bridgehead atoms. The second kappa shape index (κ2) is 29.4. The maximum atomic E-state index is 5.36. The fourth-order valence-electron chi connectivity index (χ4n) is 4.14. The van der Waals surface area contributed by atoms with E-state index in [4.69, 9.17) is 5.73 Å². The zero-order valence-corrected chi connectivity index (χ0v) is 23.7. The fraction of sp³-hybridized carbons (Fsp3) is 0.800. The molecule has 0 fully saturated rings. The molecule has 0 aliphatic carbocycles. The quantitative estimate of drug-likeness (QED) is 0.106. The zero-order chi connectivity index (χ0) is 23.5. The van der Waals surface area contributed by atoms with Crippen molar-refractivity contribution in [3.8, 4) is 0 Å². The van der Waals surface area contributed by atoms with Crippen LogP contribution in [0.15, 0.2) is 30.3 Å². The predicted octanol–water partition coefficient (Wildman–Crippen LogP) is 9.99. The average Bonchev–Trinajstić information content (AvgIpc) is 2.81. The van der Waals surface area contributed by atoms with Crippen LogP contribution in [0.25, 0.3) is 0 Å². The zero-order valence-electron chi connectivity index (χ0n) is 22.8. The lowest BCUT2D eigenvalue weighted by molar-refractivity contribution is 0.617. The van der Waals surface area contributed by atoms with E-state index in [2.05, 4.69) is 20.8 Å². The molecule has 2 nitrogen and oxygen atoms in total. The van der Waals surface area contributed by atoms with E-state index in [0.29, 0.717) is 7.92 Å². The molecule has 0 saturated heterocycles. The molecule has 0 aliphatic heterocycles. The molecule has 0 radical (unpaired) electrons. The Hall–Kier alpha value is -0.590. The van der Waals surface area contributed by atoms with E-state index in [0.717, 1.165) is 5.69 Å². The molecule has 0 atom stereocenters. The first-order chi connectivity index (χ1) is 15.7. The van der Waals surface area contributed by atoms with Crippen molar-refractivity contribution >= 4 is 13.6 Å². The van der Waals surface area contributed by atoms with Crippen LogP contribution in [0, 0.1) is 0 Å². The molecular weight excluding hydrogens is 421 g/mol. The van der Waals surface area contributed by atoms with Gasteiger partial charge in [-0.3, -0.25) is 0 Å². The summed E-state index contributed by atoms with van der Waals surface area (Å²) in [6.07, 6.45) is 31.2. The number of para-hydroxylation sites is 1. The highest BCUT2D eigenvalue weighted by Gasteiger charge is 2.07. The van der Waals surface area contributed by atoms with E-state index < -0.39 is 0 Å². The Bertz CT molecular complexity index is 416. The first kappa shape index (κ1) is 34.6. The van der Waals surface area contributed by atoms with E-state index in [1.165, 1.54) is 116 Å². The summed E-state index contributed by atoms with van der Waals surface area (Å²) >= 11 is 0. The summed E-state index contributed by atoms with van der Waals surface area (Å²) < 4.78 is 0. The van der Waals surface area contributed by atoms with Crippen molar-refractivity contribution in [1.82, 2.24) is 0 Å². The monoisotopic (exact) mass is 481 g/mol. The summed E-state index contributed by atoms with van der Waals surface area (Å²) in [5.74, 6) is 0. The van der Waals surface area contributed by atoms with Gasteiger partial charge >= 0.3 is 0 Å². The van der Waals surface area contributed by atoms with Gasteiger partial charge in [-0.15, -0.1) is 7.92 Å². The number of anilines is 1. The van der Waals surface area contributed by atoms with Crippen molar-refractivity contribution in [2.45, 2.75) is 136 Å². The summed E-state index contributed by atoms with van der Waals surface area (Å²) in [6.45, 7) is 6.96. The molecule has 0 spiro atoms. The standard InChI is InChI=1S/C24H51P.C6H7N.H2O/c1-4-7-10-13-16-19-22-25(23-20-17-14-11-8-5-2)24-21-18-15-12-9-6-3;7-6-4-2-1-3-5-6;/h4-24H2,1-3H3;1-5H,7H2;1H2. The number of unbranched alkanes of at least 4 members (excludes halogenated alkanes) is 15. The summed E-state index contributed by atoms with van der Waals surface area (Å²) in [6, 6.07) is 9.49. The van der Waals surface area contributed by atoms with Crippen molar-refractivity contribution in [2.75, 3.05) is 24.2 Å². The molecule has 3 heteroatoms. The molecule has 1 rings (SSSR count). The lowest BCUT2D eigenvalue weighted by Gasteiger charge is -2.18. The Balaban J connectivity index is 0. The lowest BCUT2D eigenvalue weighted by Crippen LogP contribution is -1.97. The van der Waals surface area contributed by atoms with Crippen LogP contribution < -0.4 is 5.73 Å².